The van der Waals surface area contributed by atoms with Gasteiger partial charge in [-0.05, 0) is 18.2 Å². The van der Waals surface area contributed by atoms with Gasteiger partial charge in [0, 0.05) is 37.3 Å². The minimum Gasteiger partial charge on any atom is -0.352 e. The Morgan fingerprint density at radius 2 is 1.31 bits per heavy atom. The topological polar surface area (TPSA) is 66.4 Å². The molecule has 1 aliphatic heterocycles. The van der Waals surface area contributed by atoms with Crippen LogP contribution in [0.5, 0.6) is 0 Å². The van der Waals surface area contributed by atoms with E-state index in [4.69, 9.17) is 4.98 Å². The first kappa shape index (κ1) is 19.9. The van der Waals surface area contributed by atoms with Gasteiger partial charge in [-0.25, -0.2) is 4.98 Å². The summed E-state index contributed by atoms with van der Waals surface area (Å²) < 4.78 is 0. The van der Waals surface area contributed by atoms with Crippen molar-refractivity contribution in [1.29, 1.82) is 0 Å². The predicted molar refractivity (Wildman–Crippen MR) is 124 cm³/mol. The number of rotatable bonds is 4. The Labute approximate surface area is 186 Å². The van der Waals surface area contributed by atoms with Crippen molar-refractivity contribution in [3.05, 3.63) is 102 Å². The second-order valence-electron chi connectivity index (χ2n) is 7.74. The zero-order valence-corrected chi connectivity index (χ0v) is 17.5. The molecule has 3 aromatic carbocycles. The minimum atomic E-state index is -0.139. The van der Waals surface area contributed by atoms with E-state index in [2.05, 4.69) is 9.88 Å². The number of benzene rings is 3. The number of aromatic nitrogens is 2. The number of fused-ring (bicyclic) bond motifs is 1. The number of ketones is 1. The van der Waals surface area contributed by atoms with E-state index in [0.717, 1.165) is 16.9 Å². The lowest BCUT2D eigenvalue weighted by Crippen LogP contribution is -2.49. The quantitative estimate of drug-likeness (QED) is 0.468. The maximum atomic E-state index is 13.3. The fourth-order valence-corrected chi connectivity index (χ4v) is 4.02. The number of anilines is 1. The van der Waals surface area contributed by atoms with Crippen molar-refractivity contribution < 1.29 is 9.59 Å². The molecule has 0 spiro atoms. The molecular weight excluding hydrogens is 400 g/mol. The molecule has 4 aromatic rings. The van der Waals surface area contributed by atoms with Crippen molar-refractivity contribution in [2.45, 2.75) is 0 Å². The van der Waals surface area contributed by atoms with E-state index in [-0.39, 0.29) is 11.7 Å². The third kappa shape index (κ3) is 3.83. The second-order valence-corrected chi connectivity index (χ2v) is 7.74. The minimum absolute atomic E-state index is 0.117. The molecular formula is C26H22N4O2. The van der Waals surface area contributed by atoms with E-state index >= 15 is 0 Å². The van der Waals surface area contributed by atoms with E-state index in [1.165, 1.54) is 0 Å². The summed E-state index contributed by atoms with van der Waals surface area (Å²) in [5, 5.41) is 0. The number of para-hydroxylation sites is 2. The van der Waals surface area contributed by atoms with Crippen molar-refractivity contribution in [2.24, 2.45) is 0 Å². The Balaban J connectivity index is 1.32. The lowest BCUT2D eigenvalue weighted by molar-refractivity contribution is 0.0742. The van der Waals surface area contributed by atoms with Crippen LogP contribution in [0.2, 0.25) is 0 Å². The molecule has 5 rings (SSSR count). The smallest absolute Gasteiger partial charge is 0.254 e. The van der Waals surface area contributed by atoms with Gasteiger partial charge in [0.1, 0.15) is 5.82 Å². The van der Waals surface area contributed by atoms with Gasteiger partial charge in [0.15, 0.2) is 5.78 Å². The molecule has 6 heteroatoms. The third-order valence-corrected chi connectivity index (χ3v) is 5.76. The van der Waals surface area contributed by atoms with Crippen molar-refractivity contribution in [1.82, 2.24) is 14.9 Å². The van der Waals surface area contributed by atoms with E-state index in [0.29, 0.717) is 42.9 Å². The molecule has 0 N–H and O–H groups in total. The number of nitrogens with zero attached hydrogens (tertiary/aromatic N) is 4. The summed E-state index contributed by atoms with van der Waals surface area (Å²) in [6.45, 7) is 2.43. The molecule has 1 amide bonds. The molecule has 0 radical (unpaired) electrons. The molecule has 0 unspecified atom stereocenters. The Bertz CT molecular complexity index is 1280. The Morgan fingerprint density at radius 1 is 0.688 bits per heavy atom. The van der Waals surface area contributed by atoms with Gasteiger partial charge in [0.2, 0.25) is 0 Å². The average Bonchev–Trinajstić information content (AvgIpc) is 2.88. The first-order valence-electron chi connectivity index (χ1n) is 10.7. The van der Waals surface area contributed by atoms with Gasteiger partial charge >= 0.3 is 0 Å². The molecule has 0 atom stereocenters. The largest absolute Gasteiger partial charge is 0.352 e. The summed E-state index contributed by atoms with van der Waals surface area (Å²) in [5.41, 5.74) is 3.18. The fraction of sp³-hybridized carbons (Fsp3) is 0.154. The number of carbonyl (C=O) groups excluding carboxylic acids is 2. The van der Waals surface area contributed by atoms with Gasteiger partial charge in [0.25, 0.3) is 5.91 Å². The fourth-order valence-electron chi connectivity index (χ4n) is 4.02. The number of hydrogen-bond donors (Lipinski definition) is 0. The lowest BCUT2D eigenvalue weighted by atomic mass is 9.97. The van der Waals surface area contributed by atoms with Crippen LogP contribution < -0.4 is 4.90 Å². The molecule has 6 nitrogen and oxygen atoms in total. The SMILES string of the molecule is O=C(c1ccccc1)c1ccccc1C(=O)N1CCN(c2cnc3ccccc3n2)CC1. The molecule has 1 aliphatic rings. The number of piperazine rings is 1. The van der Waals surface area contributed by atoms with Crippen LogP contribution in [0.15, 0.2) is 85.1 Å². The molecule has 0 aliphatic carbocycles. The van der Waals surface area contributed by atoms with E-state index in [9.17, 15) is 9.59 Å². The molecule has 158 valence electrons. The maximum absolute atomic E-state index is 13.3. The number of hydrogen-bond acceptors (Lipinski definition) is 5. The first-order chi connectivity index (χ1) is 15.7. The van der Waals surface area contributed by atoms with Crippen LogP contribution in [0.1, 0.15) is 26.3 Å². The van der Waals surface area contributed by atoms with Crippen LogP contribution in [-0.2, 0) is 0 Å². The summed E-state index contributed by atoms with van der Waals surface area (Å²) >= 11 is 0. The monoisotopic (exact) mass is 422 g/mol. The molecule has 32 heavy (non-hydrogen) atoms. The number of carbonyl (C=O) groups is 2. The summed E-state index contributed by atoms with van der Waals surface area (Å²) in [7, 11) is 0. The molecule has 1 fully saturated rings. The average molecular weight is 422 g/mol. The maximum Gasteiger partial charge on any atom is 0.254 e. The van der Waals surface area contributed by atoms with Crippen LogP contribution in [0, 0.1) is 0 Å². The third-order valence-electron chi connectivity index (χ3n) is 5.76. The highest BCUT2D eigenvalue weighted by molar-refractivity contribution is 6.15. The molecule has 1 saturated heterocycles. The standard InChI is InChI=1S/C26H22N4O2/c31-25(19-8-2-1-3-9-19)20-10-4-5-11-21(20)26(32)30-16-14-29(15-17-30)24-18-27-22-12-6-7-13-23(22)28-24/h1-13,18H,14-17H2. The van der Waals surface area contributed by atoms with Crippen molar-refractivity contribution in [3.8, 4) is 0 Å². The second kappa shape index (κ2) is 8.59. The van der Waals surface area contributed by atoms with Crippen LogP contribution in [0.4, 0.5) is 5.82 Å². The normalized spacial score (nSPS) is 13.9. The van der Waals surface area contributed by atoms with Crippen LogP contribution in [0.25, 0.3) is 11.0 Å². The van der Waals surface area contributed by atoms with E-state index in [1.807, 2.05) is 47.4 Å². The lowest BCUT2D eigenvalue weighted by Gasteiger charge is -2.35. The van der Waals surface area contributed by atoms with Crippen LogP contribution >= 0.6 is 0 Å². The van der Waals surface area contributed by atoms with Crippen LogP contribution in [0.3, 0.4) is 0 Å². The van der Waals surface area contributed by atoms with Gasteiger partial charge < -0.3 is 9.80 Å². The molecule has 2 heterocycles. The highest BCUT2D eigenvalue weighted by atomic mass is 16.2. The van der Waals surface area contributed by atoms with E-state index in [1.54, 1.807) is 42.6 Å². The molecule has 0 bridgehead atoms. The van der Waals surface area contributed by atoms with Gasteiger partial charge in [0.05, 0.1) is 22.8 Å². The predicted octanol–water partition coefficient (Wildman–Crippen LogP) is 3.82. The Morgan fingerprint density at radius 3 is 2.06 bits per heavy atom. The van der Waals surface area contributed by atoms with Gasteiger partial charge in [-0.1, -0.05) is 60.7 Å². The molecule has 0 saturated carbocycles. The first-order valence-corrected chi connectivity index (χ1v) is 10.7. The zero-order chi connectivity index (χ0) is 21.9. The van der Waals surface area contributed by atoms with E-state index < -0.39 is 0 Å². The van der Waals surface area contributed by atoms with Gasteiger partial charge in [-0.2, -0.15) is 0 Å². The summed E-state index contributed by atoms with van der Waals surface area (Å²) in [6, 6.07) is 23.9. The van der Waals surface area contributed by atoms with Crippen LogP contribution in [-0.4, -0.2) is 52.7 Å². The van der Waals surface area contributed by atoms with Gasteiger partial charge in [-0.3, -0.25) is 14.6 Å². The highest BCUT2D eigenvalue weighted by Crippen LogP contribution is 2.20. The number of amides is 1. The summed E-state index contributed by atoms with van der Waals surface area (Å²) in [5.74, 6) is 0.559. The van der Waals surface area contributed by atoms with Gasteiger partial charge in [-0.15, -0.1) is 0 Å². The zero-order valence-electron chi connectivity index (χ0n) is 17.5. The highest BCUT2D eigenvalue weighted by Gasteiger charge is 2.26. The summed E-state index contributed by atoms with van der Waals surface area (Å²) in [6.07, 6.45) is 1.79. The summed E-state index contributed by atoms with van der Waals surface area (Å²) in [4.78, 5) is 39.5. The van der Waals surface area contributed by atoms with Crippen molar-refractivity contribution >= 4 is 28.5 Å². The van der Waals surface area contributed by atoms with Crippen molar-refractivity contribution in [2.75, 3.05) is 31.1 Å². The van der Waals surface area contributed by atoms with Crippen molar-refractivity contribution in [3.63, 3.8) is 0 Å². The Hall–Kier alpha value is -4.06. The Kier molecular flexibility index (Phi) is 5.34. The molecule has 1 aromatic heterocycles.